The first kappa shape index (κ1) is 11.5. The summed E-state index contributed by atoms with van der Waals surface area (Å²) in [5.41, 5.74) is 4.06. The molecule has 0 spiro atoms. The van der Waals surface area contributed by atoms with Gasteiger partial charge in [-0.2, -0.15) is 0 Å². The van der Waals surface area contributed by atoms with Gasteiger partial charge in [0, 0.05) is 6.20 Å². The van der Waals surface area contributed by atoms with Gasteiger partial charge in [-0.15, -0.1) is 0 Å². The molecule has 0 saturated heterocycles. The van der Waals surface area contributed by atoms with E-state index in [1.807, 2.05) is 6.92 Å². The molecule has 0 bridgehead atoms. The molecule has 0 saturated carbocycles. The summed E-state index contributed by atoms with van der Waals surface area (Å²) in [6.45, 7) is 5.64. The van der Waals surface area contributed by atoms with E-state index >= 15 is 0 Å². The molecule has 0 fully saturated rings. The Kier molecular flexibility index (Phi) is 3.89. The van der Waals surface area contributed by atoms with Crippen LogP contribution in [0.25, 0.3) is 0 Å². The molecule has 0 aliphatic rings. The molecule has 1 atom stereocenters. The number of nitrogens with two attached hydrogens (primary N) is 1. The van der Waals surface area contributed by atoms with Crippen LogP contribution in [0, 0.1) is 0 Å². The Balaban J connectivity index is 3.10. The molecule has 3 N–H and O–H groups in total. The molecule has 0 aromatic carbocycles. The topological polar surface area (TPSA) is 50.9 Å². The summed E-state index contributed by atoms with van der Waals surface area (Å²) in [6.07, 6.45) is 1.52. The highest BCUT2D eigenvalue weighted by molar-refractivity contribution is 6.34. The van der Waals surface area contributed by atoms with Crippen LogP contribution in [-0.4, -0.2) is 4.98 Å². The van der Waals surface area contributed by atoms with Crippen molar-refractivity contribution in [2.45, 2.75) is 13.0 Å². The maximum absolute atomic E-state index is 5.96. The summed E-state index contributed by atoms with van der Waals surface area (Å²) in [5, 5.41) is 0.972. The van der Waals surface area contributed by atoms with Gasteiger partial charge in [0.25, 0.3) is 0 Å². The fraction of sp³-hybridized carbons (Fsp3) is 0.222. The Labute approximate surface area is 92.9 Å². The number of halogens is 2. The van der Waals surface area contributed by atoms with Gasteiger partial charge in [-0.05, 0) is 13.0 Å². The van der Waals surface area contributed by atoms with Gasteiger partial charge < -0.3 is 0 Å². The second-order valence-electron chi connectivity index (χ2n) is 2.97. The molecule has 76 valence electrons. The third-order valence-corrected chi connectivity index (χ3v) is 2.28. The molecule has 0 amide bonds. The van der Waals surface area contributed by atoms with E-state index in [2.05, 4.69) is 17.0 Å². The van der Waals surface area contributed by atoms with Crippen molar-refractivity contribution in [1.29, 1.82) is 0 Å². The van der Waals surface area contributed by atoms with Crippen molar-refractivity contribution in [2.75, 3.05) is 0 Å². The predicted molar refractivity (Wildman–Crippen MR) is 59.1 cm³/mol. The molecular formula is C9H11Cl2N3. The molecule has 1 aromatic rings. The lowest BCUT2D eigenvalue weighted by Crippen LogP contribution is -2.29. The average Bonchev–Trinajstić information content (AvgIpc) is 2.09. The number of pyridine rings is 1. The number of aromatic nitrogens is 1. The van der Waals surface area contributed by atoms with Crippen molar-refractivity contribution in [3.63, 3.8) is 0 Å². The second kappa shape index (κ2) is 4.75. The highest BCUT2D eigenvalue weighted by atomic mass is 35.5. The van der Waals surface area contributed by atoms with Gasteiger partial charge in [-0.25, -0.2) is 5.43 Å². The minimum Gasteiger partial charge on any atom is -0.271 e. The number of nitrogens with zero attached hydrogens (tertiary/aromatic N) is 1. The number of hydrazine groups is 1. The first-order valence-electron chi connectivity index (χ1n) is 3.98. The summed E-state index contributed by atoms with van der Waals surface area (Å²) >= 11 is 11.7. The van der Waals surface area contributed by atoms with E-state index in [0.29, 0.717) is 15.7 Å². The Morgan fingerprint density at radius 2 is 2.29 bits per heavy atom. The zero-order valence-corrected chi connectivity index (χ0v) is 9.23. The molecule has 0 aliphatic heterocycles. The van der Waals surface area contributed by atoms with E-state index < -0.39 is 0 Å². The van der Waals surface area contributed by atoms with E-state index in [-0.39, 0.29) is 6.04 Å². The zero-order chi connectivity index (χ0) is 10.7. The maximum Gasteiger partial charge on any atom is 0.0851 e. The largest absolute Gasteiger partial charge is 0.271 e. The molecular weight excluding hydrogens is 221 g/mol. The van der Waals surface area contributed by atoms with E-state index in [1.165, 1.54) is 6.20 Å². The quantitative estimate of drug-likeness (QED) is 0.478. The molecule has 1 rings (SSSR count). The lowest BCUT2D eigenvalue weighted by atomic mass is 10.1. The van der Waals surface area contributed by atoms with Crippen LogP contribution < -0.4 is 11.3 Å². The summed E-state index contributed by atoms with van der Waals surface area (Å²) in [5.74, 6) is 5.37. The first-order valence-corrected chi connectivity index (χ1v) is 4.74. The molecule has 14 heavy (non-hydrogen) atoms. The molecule has 1 aromatic heterocycles. The van der Waals surface area contributed by atoms with Gasteiger partial charge >= 0.3 is 0 Å². The van der Waals surface area contributed by atoms with E-state index in [1.54, 1.807) is 6.07 Å². The highest BCUT2D eigenvalue weighted by Gasteiger charge is 2.15. The van der Waals surface area contributed by atoms with Crippen LogP contribution in [0.3, 0.4) is 0 Å². The molecule has 1 heterocycles. The normalized spacial score (nSPS) is 12.6. The Morgan fingerprint density at radius 3 is 2.71 bits per heavy atom. The van der Waals surface area contributed by atoms with Crippen molar-refractivity contribution in [3.8, 4) is 0 Å². The van der Waals surface area contributed by atoms with E-state index in [0.717, 1.165) is 5.57 Å². The molecule has 0 radical (unpaired) electrons. The summed E-state index contributed by atoms with van der Waals surface area (Å²) in [6, 6.07) is 1.37. The number of nitrogens with one attached hydrogen (secondary N) is 1. The van der Waals surface area contributed by atoms with Crippen molar-refractivity contribution in [1.82, 2.24) is 10.4 Å². The second-order valence-corrected chi connectivity index (χ2v) is 3.81. The summed E-state index contributed by atoms with van der Waals surface area (Å²) in [4.78, 5) is 4.10. The monoisotopic (exact) mass is 231 g/mol. The lowest BCUT2D eigenvalue weighted by molar-refractivity contribution is 0.611. The maximum atomic E-state index is 5.96. The van der Waals surface area contributed by atoms with Crippen LogP contribution in [-0.2, 0) is 0 Å². The van der Waals surface area contributed by atoms with Crippen LogP contribution in [0.1, 0.15) is 18.7 Å². The standard InChI is InChI=1S/C9H11Cl2N3/c1-5(2)8(14-12)9-7(11)3-6(10)4-13-9/h3-4,8,14H,1,12H2,2H3. The van der Waals surface area contributed by atoms with Crippen LogP contribution in [0.5, 0.6) is 0 Å². The van der Waals surface area contributed by atoms with Gasteiger partial charge in [0.15, 0.2) is 0 Å². The summed E-state index contributed by atoms with van der Waals surface area (Å²) < 4.78 is 0. The van der Waals surface area contributed by atoms with Crippen LogP contribution in [0.15, 0.2) is 24.4 Å². The van der Waals surface area contributed by atoms with Crippen molar-refractivity contribution in [3.05, 3.63) is 40.2 Å². The average molecular weight is 232 g/mol. The van der Waals surface area contributed by atoms with Gasteiger partial charge in [-0.3, -0.25) is 10.8 Å². The molecule has 1 unspecified atom stereocenters. The third kappa shape index (κ3) is 2.45. The predicted octanol–water partition coefficient (Wildman–Crippen LogP) is 2.47. The molecule has 3 nitrogen and oxygen atoms in total. The fourth-order valence-corrected chi connectivity index (χ4v) is 1.58. The Hall–Kier alpha value is -0.610. The molecule has 0 aliphatic carbocycles. The van der Waals surface area contributed by atoms with Crippen molar-refractivity contribution in [2.24, 2.45) is 5.84 Å². The van der Waals surface area contributed by atoms with Gasteiger partial charge in [-0.1, -0.05) is 35.4 Å². The van der Waals surface area contributed by atoms with Gasteiger partial charge in [0.1, 0.15) is 0 Å². The van der Waals surface area contributed by atoms with Crippen LogP contribution >= 0.6 is 23.2 Å². The minimum absolute atomic E-state index is 0.250. The SMILES string of the molecule is C=C(C)C(NN)c1ncc(Cl)cc1Cl. The van der Waals surface area contributed by atoms with Crippen LogP contribution in [0.4, 0.5) is 0 Å². The van der Waals surface area contributed by atoms with Crippen LogP contribution in [0.2, 0.25) is 10.0 Å². The Bertz CT molecular complexity index is 352. The van der Waals surface area contributed by atoms with Crippen molar-refractivity contribution >= 4 is 23.2 Å². The minimum atomic E-state index is -0.250. The number of hydrogen-bond donors (Lipinski definition) is 2. The summed E-state index contributed by atoms with van der Waals surface area (Å²) in [7, 11) is 0. The lowest BCUT2D eigenvalue weighted by Gasteiger charge is -2.16. The molecule has 5 heteroatoms. The highest BCUT2D eigenvalue weighted by Crippen LogP contribution is 2.26. The number of rotatable bonds is 3. The smallest absolute Gasteiger partial charge is 0.0851 e. The van der Waals surface area contributed by atoms with E-state index in [9.17, 15) is 0 Å². The first-order chi connectivity index (χ1) is 6.56. The van der Waals surface area contributed by atoms with Crippen molar-refractivity contribution < 1.29 is 0 Å². The number of hydrogen-bond acceptors (Lipinski definition) is 3. The Morgan fingerprint density at radius 1 is 1.64 bits per heavy atom. The van der Waals surface area contributed by atoms with Gasteiger partial charge in [0.2, 0.25) is 0 Å². The fourth-order valence-electron chi connectivity index (χ4n) is 1.09. The third-order valence-electron chi connectivity index (χ3n) is 1.77. The van der Waals surface area contributed by atoms with Gasteiger partial charge in [0.05, 0.1) is 21.8 Å². The zero-order valence-electron chi connectivity index (χ0n) is 7.72. The van der Waals surface area contributed by atoms with E-state index in [4.69, 9.17) is 29.0 Å².